The monoisotopic (exact) mass is 1670 g/mol. The average molecular weight is 1670 g/mol. The van der Waals surface area contributed by atoms with Crippen LogP contribution in [0.2, 0.25) is 0 Å². The fraction of sp³-hybridized carbons (Fsp3) is 0.333. The van der Waals surface area contributed by atoms with Crippen LogP contribution in [-0.2, 0) is 0 Å². The van der Waals surface area contributed by atoms with Crippen molar-refractivity contribution < 1.29 is 20.6 Å². The van der Waals surface area contributed by atoms with Crippen LogP contribution < -0.4 is 49.0 Å². The van der Waals surface area contributed by atoms with Gasteiger partial charge in [-0.15, -0.1) is 0 Å². The molecule has 7 aliphatic rings. The molecule has 124 heavy (non-hydrogen) atoms. The predicted molar refractivity (Wildman–Crippen MR) is 544 cm³/mol. The minimum atomic E-state index is -2.23. The number of hydrogen-bond acceptors (Lipinski definition) is 10. The first-order valence-electron chi connectivity index (χ1n) is 49.8. The smallest absolute Gasteiger partial charge is 0.108 e. The lowest BCUT2D eigenvalue weighted by molar-refractivity contribution is 0.395. The molecular formula is C114H146N10. The summed E-state index contributed by atoms with van der Waals surface area (Å²) in [6.45, 7) is 13.5. The van der Waals surface area contributed by atoms with Crippen LogP contribution in [0, 0.1) is 46.5 Å². The molecule has 10 nitrogen and oxygen atoms in total. The van der Waals surface area contributed by atoms with Gasteiger partial charge in [0.1, 0.15) is 30.8 Å². The molecule has 0 saturated heterocycles. The molecule has 0 radical (unpaired) electrons. The zero-order chi connectivity index (χ0) is 96.0. The molecule has 0 spiro atoms. The van der Waals surface area contributed by atoms with Crippen molar-refractivity contribution in [1.82, 2.24) is 0 Å². The Morgan fingerprint density at radius 2 is 0.403 bits per heavy atom. The van der Waals surface area contributed by atoms with Crippen molar-refractivity contribution in [3.05, 3.63) is 388 Å². The van der Waals surface area contributed by atoms with Gasteiger partial charge in [-0.05, 0) is 267 Å². The number of nitrogens with zero attached hydrogens (tertiary/aromatic N) is 10. The SMILES string of the molecule is C.C.C.C.C.[2H]C([2H])([2H])C1N(c2ccccc2)C(C)=C(C)N1c1ccccc1C.[2H]C([2H])([2H])C1N(c2ccccc2)C(C)=C(C)N1c1ccccc1C.[2H]C([2H])([2H])C1N(c2ccccc2)C(C2CCCC2)=C(C)N1c1ccccc1C.[2H]C([2H])([2H])C1N(c2ccccc2)C(C2CCCCC2)=C(C)N1c1ccccc1C.[2H]C([2H])([2H])C1N(c2ccccc2)C(c2ccccc2)=C(C)N1c1ccccc1C. The van der Waals surface area contributed by atoms with Gasteiger partial charge in [0.15, 0.2) is 0 Å². The third kappa shape index (κ3) is 19.7. The molecule has 11 aromatic carbocycles. The Balaban J connectivity index is 0.000000193. The van der Waals surface area contributed by atoms with Gasteiger partial charge < -0.3 is 49.0 Å². The van der Waals surface area contributed by atoms with E-state index < -0.39 is 65.1 Å². The van der Waals surface area contributed by atoms with E-state index in [0.29, 0.717) is 11.8 Å². The van der Waals surface area contributed by atoms with E-state index in [-0.39, 0.29) is 37.1 Å². The van der Waals surface area contributed by atoms with E-state index in [1.165, 1.54) is 43.5 Å². The van der Waals surface area contributed by atoms with Gasteiger partial charge in [-0.2, -0.15) is 0 Å². The maximum Gasteiger partial charge on any atom is 0.108 e. The second kappa shape index (κ2) is 43.4. The number of allylic oxidation sites excluding steroid dienone is 9. The zero-order valence-electron chi connectivity index (χ0n) is 86.2. The fourth-order valence-electron chi connectivity index (χ4n) is 18.5. The summed E-state index contributed by atoms with van der Waals surface area (Å²) >= 11 is 0. The molecule has 2 aliphatic carbocycles. The minimum Gasteiger partial charge on any atom is -0.323 e. The van der Waals surface area contributed by atoms with Crippen molar-refractivity contribution in [2.75, 3.05) is 49.0 Å². The molecule has 652 valence electrons. The summed E-state index contributed by atoms with van der Waals surface area (Å²) < 4.78 is 125. The van der Waals surface area contributed by atoms with E-state index in [1.54, 1.807) is 0 Å². The maximum atomic E-state index is 8.48. The third-order valence-electron chi connectivity index (χ3n) is 24.7. The standard InChI is InChI=1S/C24H30N2.C24H24N2.C23H28N2.2C19H22N2.5CH4/c2*1-18-12-10-11-17-23(18)25-19(2)24(21-13-6-4-7-14-21)26(20(25)3)22-15-8-5-9-16-22;1-17-11-7-10-16-22(17)24-18(2)23(20-12-8-9-13-20)25(19(24)3)21-14-5-4-6-15-21;2*1-14-10-8-9-13-19(14)21-16(3)15(2)20(17(21)4)18-11-6-5-7-12-18;;;;;/h5,8-12,15-17,20-21H,4,6-7,13-14H2,1-3H3;4-17,20H,1-3H3;4-7,10-11,14-16,19-20H,8-9,12-13H2,1-3H3;2*5-13,17H,1-4H3;5*1H4/i3*3D3;2*4D3;;;;;. The lowest BCUT2D eigenvalue weighted by Crippen LogP contribution is -2.39. The summed E-state index contributed by atoms with van der Waals surface area (Å²) in [5, 5.41) is 0. The lowest BCUT2D eigenvalue weighted by atomic mass is 9.85. The van der Waals surface area contributed by atoms with Crippen LogP contribution >= 0.6 is 0 Å². The van der Waals surface area contributed by atoms with Gasteiger partial charge in [-0.1, -0.05) is 282 Å². The van der Waals surface area contributed by atoms with Crippen LogP contribution in [0.15, 0.2) is 355 Å². The van der Waals surface area contributed by atoms with Gasteiger partial charge in [0, 0.05) is 141 Å². The number of hydrogen-bond donors (Lipinski definition) is 0. The summed E-state index contributed by atoms with van der Waals surface area (Å²) in [5.74, 6) is 0.821. The molecule has 0 amide bonds. The van der Waals surface area contributed by atoms with Gasteiger partial charge in [0.25, 0.3) is 0 Å². The Morgan fingerprint density at radius 3 is 0.677 bits per heavy atom. The van der Waals surface area contributed by atoms with Gasteiger partial charge in [-0.25, -0.2) is 0 Å². The predicted octanol–water partition coefficient (Wildman–Crippen LogP) is 31.6. The Labute approximate surface area is 771 Å². The van der Waals surface area contributed by atoms with Crippen molar-refractivity contribution in [2.24, 2.45) is 11.8 Å². The minimum absolute atomic E-state index is 0. The molecule has 0 bridgehead atoms. The molecular weight excluding hydrogens is 1510 g/mol. The summed E-state index contributed by atoms with van der Waals surface area (Å²) in [5.41, 5.74) is 25.9. The second-order valence-corrected chi connectivity index (χ2v) is 32.1. The fourth-order valence-corrected chi connectivity index (χ4v) is 18.5. The van der Waals surface area contributed by atoms with Gasteiger partial charge in [0.05, 0.1) is 5.70 Å². The third-order valence-corrected chi connectivity index (χ3v) is 24.7. The first-order valence-corrected chi connectivity index (χ1v) is 42.3. The Morgan fingerprint density at radius 1 is 0.202 bits per heavy atom. The van der Waals surface area contributed by atoms with Crippen molar-refractivity contribution in [1.29, 1.82) is 0 Å². The number of rotatable bonds is 13. The number of para-hydroxylation sites is 10. The molecule has 10 heteroatoms. The summed E-state index contributed by atoms with van der Waals surface area (Å²) in [6.07, 6.45) is 6.86. The number of benzene rings is 11. The second-order valence-electron chi connectivity index (χ2n) is 32.1. The van der Waals surface area contributed by atoms with E-state index in [2.05, 4.69) is 59.4 Å². The van der Waals surface area contributed by atoms with Crippen molar-refractivity contribution in [2.45, 2.75) is 243 Å². The van der Waals surface area contributed by atoms with Crippen molar-refractivity contribution in [3.8, 4) is 0 Å². The first kappa shape index (κ1) is 75.8. The van der Waals surface area contributed by atoms with Gasteiger partial charge in [-0.3, -0.25) is 0 Å². The molecule has 5 heterocycles. The highest BCUT2D eigenvalue weighted by Crippen LogP contribution is 2.49. The van der Waals surface area contributed by atoms with Crippen molar-refractivity contribution in [3.63, 3.8) is 0 Å². The summed E-state index contributed by atoms with van der Waals surface area (Å²) in [6, 6.07) is 99.3. The van der Waals surface area contributed by atoms with Crippen LogP contribution in [0.4, 0.5) is 56.9 Å². The molecule has 2 saturated carbocycles. The van der Waals surface area contributed by atoms with Crippen molar-refractivity contribution >= 4 is 62.6 Å². The van der Waals surface area contributed by atoms with E-state index in [9.17, 15) is 0 Å². The van der Waals surface area contributed by atoms with E-state index >= 15 is 0 Å². The molecule has 0 aromatic heterocycles. The summed E-state index contributed by atoms with van der Waals surface area (Å²) in [4.78, 5) is 20.0. The molecule has 11 aromatic rings. The highest BCUT2D eigenvalue weighted by atomic mass is 15.5. The molecule has 2 fully saturated rings. The van der Waals surface area contributed by atoms with E-state index in [1.807, 2.05) is 376 Å². The van der Waals surface area contributed by atoms with Gasteiger partial charge in [0.2, 0.25) is 0 Å². The van der Waals surface area contributed by atoms with Crippen LogP contribution in [0.3, 0.4) is 0 Å². The Kier molecular flexibility index (Phi) is 26.6. The molecule has 5 atom stereocenters. The van der Waals surface area contributed by atoms with Crippen LogP contribution in [0.1, 0.15) is 232 Å². The van der Waals surface area contributed by atoms with E-state index in [0.717, 1.165) is 162 Å². The molecule has 0 N–H and O–H groups in total. The topological polar surface area (TPSA) is 32.4 Å². The number of aryl methyl sites for hydroxylation is 5. The quantitative estimate of drug-likeness (QED) is 0.111. The Bertz CT molecular complexity index is 5870. The van der Waals surface area contributed by atoms with E-state index in [4.69, 9.17) is 20.6 Å². The van der Waals surface area contributed by atoms with Crippen LogP contribution in [0.25, 0.3) is 5.70 Å². The first-order chi connectivity index (χ1) is 63.8. The van der Waals surface area contributed by atoms with Crippen LogP contribution in [0.5, 0.6) is 0 Å². The Hall–Kier alpha value is -11.9. The normalized spacial score (nSPS) is 21.0. The molecule has 5 unspecified atom stereocenters. The molecule has 18 rings (SSSR count). The van der Waals surface area contributed by atoms with Gasteiger partial charge >= 0.3 is 0 Å². The highest BCUT2D eigenvalue weighted by molar-refractivity contribution is 5.89. The zero-order valence-corrected chi connectivity index (χ0v) is 71.2. The molecule has 5 aliphatic heterocycles. The maximum absolute atomic E-state index is 8.48. The average Bonchev–Trinajstić information content (AvgIpc) is 1.57. The van der Waals surface area contributed by atoms with Crippen LogP contribution in [-0.4, -0.2) is 30.8 Å². The number of anilines is 10. The summed E-state index contributed by atoms with van der Waals surface area (Å²) in [7, 11) is 0. The highest BCUT2D eigenvalue weighted by Gasteiger charge is 2.43. The largest absolute Gasteiger partial charge is 0.323 e. The lowest BCUT2D eigenvalue weighted by Gasteiger charge is -2.35.